The molecule has 200 valence electrons. The monoisotopic (exact) mass is 513 g/mol. The van der Waals surface area contributed by atoms with E-state index in [4.69, 9.17) is 14.2 Å². The average Bonchev–Trinajstić information content (AvgIpc) is 2.80. The van der Waals surface area contributed by atoms with Gasteiger partial charge in [-0.3, -0.25) is 9.59 Å². The van der Waals surface area contributed by atoms with Gasteiger partial charge in [0.05, 0.1) is 13.7 Å². The smallest absolute Gasteiger partial charge is 0.254 e. The standard InChI is InChI=1S/C26H43N3O5.ClH/c1-18(2)12-25(30)28-16-20-13-22(17-27-15-20)29(19(3)4)26(31)21-8-9-23(33-6)24(14-21)34-11-7-10-32-5;/h8-9,14,18-20,22,27H,7,10-13,15-17H2,1-6H3,(H,28,30);1H/t20-,22+;/m0./s1. The number of nitrogens with one attached hydrogen (secondary N) is 2. The number of hydrogen-bond acceptors (Lipinski definition) is 6. The highest BCUT2D eigenvalue weighted by Gasteiger charge is 2.32. The topological polar surface area (TPSA) is 89.1 Å². The molecule has 0 saturated carbocycles. The number of carbonyl (C=O) groups excluding carboxylic acids is 2. The van der Waals surface area contributed by atoms with Crippen molar-refractivity contribution in [2.45, 2.75) is 59.0 Å². The molecule has 2 atom stereocenters. The van der Waals surface area contributed by atoms with Gasteiger partial charge in [-0.2, -0.15) is 0 Å². The van der Waals surface area contributed by atoms with Gasteiger partial charge in [0.25, 0.3) is 5.91 Å². The maximum Gasteiger partial charge on any atom is 0.254 e. The highest BCUT2D eigenvalue weighted by atomic mass is 35.5. The first kappa shape index (κ1) is 31.0. The minimum Gasteiger partial charge on any atom is -0.493 e. The molecule has 0 radical (unpaired) electrons. The quantitative estimate of drug-likeness (QED) is 0.392. The molecular formula is C26H44ClN3O5. The second-order valence-electron chi connectivity index (χ2n) is 9.68. The lowest BCUT2D eigenvalue weighted by Gasteiger charge is -2.40. The summed E-state index contributed by atoms with van der Waals surface area (Å²) in [4.78, 5) is 27.7. The Kier molecular flexibility index (Phi) is 14.0. The molecule has 2 rings (SSSR count). The van der Waals surface area contributed by atoms with Crippen molar-refractivity contribution in [2.75, 3.05) is 47.1 Å². The number of benzene rings is 1. The van der Waals surface area contributed by atoms with Gasteiger partial charge in [-0.15, -0.1) is 12.4 Å². The summed E-state index contributed by atoms with van der Waals surface area (Å²) >= 11 is 0. The fourth-order valence-corrected chi connectivity index (χ4v) is 4.35. The van der Waals surface area contributed by atoms with Crippen LogP contribution in [-0.4, -0.2) is 75.9 Å². The molecule has 8 nitrogen and oxygen atoms in total. The van der Waals surface area contributed by atoms with E-state index in [2.05, 4.69) is 10.6 Å². The van der Waals surface area contributed by atoms with Crippen LogP contribution >= 0.6 is 12.4 Å². The molecule has 2 N–H and O–H groups in total. The first-order valence-corrected chi connectivity index (χ1v) is 12.4. The molecule has 1 fully saturated rings. The highest BCUT2D eigenvalue weighted by Crippen LogP contribution is 2.30. The Morgan fingerprint density at radius 3 is 2.49 bits per heavy atom. The Morgan fingerprint density at radius 2 is 1.86 bits per heavy atom. The Labute approximate surface area is 216 Å². The van der Waals surface area contributed by atoms with Crippen molar-refractivity contribution in [2.24, 2.45) is 11.8 Å². The predicted octanol–water partition coefficient (Wildman–Crippen LogP) is 3.52. The molecule has 0 aliphatic carbocycles. The van der Waals surface area contributed by atoms with Gasteiger partial charge in [0.1, 0.15) is 0 Å². The minimum atomic E-state index is -0.0318. The van der Waals surface area contributed by atoms with Crippen molar-refractivity contribution >= 4 is 24.2 Å². The van der Waals surface area contributed by atoms with Crippen molar-refractivity contribution in [3.8, 4) is 11.5 Å². The maximum atomic E-state index is 13.6. The van der Waals surface area contributed by atoms with Crippen LogP contribution in [0.4, 0.5) is 0 Å². The Hall–Kier alpha value is -2.03. The molecule has 1 aliphatic rings. The molecule has 1 aliphatic heterocycles. The van der Waals surface area contributed by atoms with Crippen LogP contribution in [0.25, 0.3) is 0 Å². The summed E-state index contributed by atoms with van der Waals surface area (Å²) in [6.45, 7) is 11.4. The van der Waals surface area contributed by atoms with Crippen molar-refractivity contribution < 1.29 is 23.8 Å². The molecule has 9 heteroatoms. The third-order valence-electron chi connectivity index (χ3n) is 5.95. The Balaban J connectivity index is 0.00000612. The molecule has 0 spiro atoms. The van der Waals surface area contributed by atoms with Gasteiger partial charge in [-0.05, 0) is 56.8 Å². The average molecular weight is 514 g/mol. The lowest BCUT2D eigenvalue weighted by molar-refractivity contribution is -0.122. The molecule has 2 amide bonds. The van der Waals surface area contributed by atoms with E-state index in [0.717, 1.165) is 25.9 Å². The molecular weight excluding hydrogens is 470 g/mol. The van der Waals surface area contributed by atoms with Gasteiger partial charge in [0.15, 0.2) is 11.5 Å². The molecule has 1 heterocycles. The molecule has 35 heavy (non-hydrogen) atoms. The SMILES string of the molecule is COCCCOc1cc(C(=O)N(C(C)C)[C@H]2CNC[C@@H](CNC(=O)CC(C)C)C2)ccc1OC.Cl. The first-order chi connectivity index (χ1) is 16.3. The highest BCUT2D eigenvalue weighted by molar-refractivity contribution is 5.95. The third kappa shape index (κ3) is 9.86. The van der Waals surface area contributed by atoms with Crippen LogP contribution in [0, 0.1) is 11.8 Å². The van der Waals surface area contributed by atoms with Crippen LogP contribution in [0.1, 0.15) is 57.3 Å². The fraction of sp³-hybridized carbons (Fsp3) is 0.692. The number of amides is 2. The maximum absolute atomic E-state index is 13.6. The predicted molar refractivity (Wildman–Crippen MR) is 141 cm³/mol. The van der Waals surface area contributed by atoms with Crippen molar-refractivity contribution in [1.29, 1.82) is 0 Å². The largest absolute Gasteiger partial charge is 0.493 e. The van der Waals surface area contributed by atoms with Gasteiger partial charge in [-0.25, -0.2) is 0 Å². The number of nitrogens with zero attached hydrogens (tertiary/aromatic N) is 1. The Morgan fingerprint density at radius 1 is 1.11 bits per heavy atom. The molecule has 0 bridgehead atoms. The van der Waals surface area contributed by atoms with E-state index in [1.54, 1.807) is 32.4 Å². The van der Waals surface area contributed by atoms with Crippen molar-refractivity contribution in [3.05, 3.63) is 23.8 Å². The van der Waals surface area contributed by atoms with Gasteiger partial charge >= 0.3 is 0 Å². The van der Waals surface area contributed by atoms with Crippen molar-refractivity contribution in [3.63, 3.8) is 0 Å². The summed E-state index contributed by atoms with van der Waals surface area (Å²) in [6.07, 6.45) is 2.13. The van der Waals surface area contributed by atoms with Gasteiger partial charge in [0, 0.05) is 57.3 Å². The zero-order valence-corrected chi connectivity index (χ0v) is 22.9. The van der Waals surface area contributed by atoms with Crippen LogP contribution in [0.3, 0.4) is 0 Å². The number of rotatable bonds is 13. The second-order valence-corrected chi connectivity index (χ2v) is 9.68. The zero-order valence-electron chi connectivity index (χ0n) is 22.1. The van der Waals surface area contributed by atoms with Crippen LogP contribution in [0.5, 0.6) is 11.5 Å². The van der Waals surface area contributed by atoms with E-state index in [9.17, 15) is 9.59 Å². The number of carbonyl (C=O) groups is 2. The van der Waals surface area contributed by atoms with Crippen LogP contribution in [0.2, 0.25) is 0 Å². The van der Waals surface area contributed by atoms with E-state index < -0.39 is 0 Å². The van der Waals surface area contributed by atoms with E-state index in [1.165, 1.54) is 0 Å². The first-order valence-electron chi connectivity index (χ1n) is 12.4. The molecule has 1 aromatic rings. The number of halogens is 1. The molecule has 1 saturated heterocycles. The summed E-state index contributed by atoms with van der Waals surface area (Å²) in [5.41, 5.74) is 0.573. The minimum absolute atomic E-state index is 0. The molecule has 0 unspecified atom stereocenters. The summed E-state index contributed by atoms with van der Waals surface area (Å²) in [6, 6.07) is 5.41. The van der Waals surface area contributed by atoms with Crippen LogP contribution in [-0.2, 0) is 9.53 Å². The van der Waals surface area contributed by atoms with Crippen molar-refractivity contribution in [1.82, 2.24) is 15.5 Å². The van der Waals surface area contributed by atoms with Crippen LogP contribution < -0.4 is 20.1 Å². The normalized spacial score (nSPS) is 17.6. The lowest BCUT2D eigenvalue weighted by Crippen LogP contribution is -2.55. The van der Waals surface area contributed by atoms with Crippen LogP contribution in [0.15, 0.2) is 18.2 Å². The summed E-state index contributed by atoms with van der Waals surface area (Å²) in [7, 11) is 3.25. The Bertz CT molecular complexity index is 790. The van der Waals surface area contributed by atoms with Gasteiger partial charge in [0.2, 0.25) is 5.91 Å². The van der Waals surface area contributed by atoms with E-state index in [1.807, 2.05) is 32.6 Å². The number of piperidine rings is 1. The third-order valence-corrected chi connectivity index (χ3v) is 5.95. The van der Waals surface area contributed by atoms with E-state index in [-0.39, 0.29) is 42.2 Å². The van der Waals surface area contributed by atoms with Gasteiger partial charge in [-0.1, -0.05) is 13.8 Å². The summed E-state index contributed by atoms with van der Waals surface area (Å²) in [5.74, 6) is 1.83. The van der Waals surface area contributed by atoms with E-state index in [0.29, 0.717) is 49.2 Å². The van der Waals surface area contributed by atoms with Gasteiger partial charge < -0.3 is 29.7 Å². The second kappa shape index (κ2) is 15.9. The zero-order chi connectivity index (χ0) is 25.1. The lowest BCUT2D eigenvalue weighted by atomic mass is 9.93. The summed E-state index contributed by atoms with van der Waals surface area (Å²) < 4.78 is 16.4. The van der Waals surface area contributed by atoms with E-state index >= 15 is 0 Å². The fourth-order valence-electron chi connectivity index (χ4n) is 4.35. The number of hydrogen-bond donors (Lipinski definition) is 2. The number of ether oxygens (including phenoxy) is 3. The number of methoxy groups -OCH3 is 2. The molecule has 0 aromatic heterocycles. The molecule has 1 aromatic carbocycles. The summed E-state index contributed by atoms with van der Waals surface area (Å²) in [5, 5.41) is 6.52.